The van der Waals surface area contributed by atoms with Gasteiger partial charge in [-0.25, -0.2) is 9.78 Å². The molecule has 1 heterocycles. The summed E-state index contributed by atoms with van der Waals surface area (Å²) in [6.45, 7) is 4.05. The third kappa shape index (κ3) is 3.10. The third-order valence-corrected chi connectivity index (χ3v) is 2.84. The average Bonchev–Trinajstić information content (AvgIpc) is 2.42. The molecule has 0 bridgehead atoms. The van der Waals surface area contributed by atoms with Gasteiger partial charge in [0, 0.05) is 11.9 Å². The standard InChI is InChI=1S/C15H16N2O2/c1-10-4-5-11(2)13(8-10)17-14-9-12(6-7-16-14)15(18)19-3/h4-9H,1-3H3,(H,16,17). The van der Waals surface area contributed by atoms with Crippen molar-refractivity contribution in [3.05, 3.63) is 53.2 Å². The fraction of sp³-hybridized carbons (Fsp3) is 0.200. The summed E-state index contributed by atoms with van der Waals surface area (Å²) in [4.78, 5) is 15.7. The van der Waals surface area contributed by atoms with E-state index < -0.39 is 0 Å². The van der Waals surface area contributed by atoms with Crippen LogP contribution in [-0.4, -0.2) is 18.1 Å². The maximum atomic E-state index is 11.5. The maximum Gasteiger partial charge on any atom is 0.338 e. The molecule has 0 radical (unpaired) electrons. The molecule has 0 aliphatic rings. The number of methoxy groups -OCH3 is 1. The molecule has 19 heavy (non-hydrogen) atoms. The minimum atomic E-state index is -0.369. The summed E-state index contributed by atoms with van der Waals surface area (Å²) in [5.74, 6) is 0.253. The van der Waals surface area contributed by atoms with Crippen LogP contribution in [0.1, 0.15) is 21.5 Å². The molecular formula is C15H16N2O2. The van der Waals surface area contributed by atoms with E-state index in [0.29, 0.717) is 11.4 Å². The molecule has 0 saturated heterocycles. The molecule has 0 spiro atoms. The predicted molar refractivity (Wildman–Crippen MR) is 74.8 cm³/mol. The Balaban J connectivity index is 2.28. The summed E-state index contributed by atoms with van der Waals surface area (Å²) in [6.07, 6.45) is 1.58. The number of aryl methyl sites for hydroxylation is 2. The number of carbonyl (C=O) groups excluding carboxylic acids is 1. The van der Waals surface area contributed by atoms with E-state index in [2.05, 4.69) is 21.1 Å². The van der Waals surface area contributed by atoms with Gasteiger partial charge in [0.05, 0.1) is 12.7 Å². The number of ether oxygens (including phenoxy) is 1. The number of esters is 1. The number of aromatic nitrogens is 1. The molecule has 0 saturated carbocycles. The van der Waals surface area contributed by atoms with Gasteiger partial charge in [-0.3, -0.25) is 0 Å². The van der Waals surface area contributed by atoms with E-state index in [9.17, 15) is 4.79 Å². The number of nitrogens with zero attached hydrogens (tertiary/aromatic N) is 1. The number of pyridine rings is 1. The maximum absolute atomic E-state index is 11.5. The Labute approximate surface area is 112 Å². The monoisotopic (exact) mass is 256 g/mol. The van der Waals surface area contributed by atoms with Crippen molar-refractivity contribution in [2.45, 2.75) is 13.8 Å². The van der Waals surface area contributed by atoms with E-state index >= 15 is 0 Å². The van der Waals surface area contributed by atoms with Crippen LogP contribution >= 0.6 is 0 Å². The highest BCUT2D eigenvalue weighted by Crippen LogP contribution is 2.21. The third-order valence-electron chi connectivity index (χ3n) is 2.84. The first-order valence-electron chi connectivity index (χ1n) is 5.99. The molecule has 2 aromatic rings. The van der Waals surface area contributed by atoms with Gasteiger partial charge in [-0.1, -0.05) is 12.1 Å². The number of anilines is 2. The smallest absolute Gasteiger partial charge is 0.338 e. The molecule has 0 unspecified atom stereocenters. The van der Waals surface area contributed by atoms with Gasteiger partial charge in [0.25, 0.3) is 0 Å². The highest BCUT2D eigenvalue weighted by molar-refractivity contribution is 5.90. The highest BCUT2D eigenvalue weighted by atomic mass is 16.5. The van der Waals surface area contributed by atoms with Gasteiger partial charge in [0.1, 0.15) is 5.82 Å². The molecule has 1 aromatic heterocycles. The molecule has 0 atom stereocenters. The van der Waals surface area contributed by atoms with Crippen LogP contribution in [0.3, 0.4) is 0 Å². The van der Waals surface area contributed by atoms with Crippen molar-refractivity contribution >= 4 is 17.5 Å². The van der Waals surface area contributed by atoms with Crippen molar-refractivity contribution in [2.24, 2.45) is 0 Å². The van der Waals surface area contributed by atoms with Crippen LogP contribution in [0.2, 0.25) is 0 Å². The molecule has 0 aliphatic heterocycles. The minimum absolute atomic E-state index is 0.369. The van der Waals surface area contributed by atoms with Gasteiger partial charge in [0.15, 0.2) is 0 Å². The highest BCUT2D eigenvalue weighted by Gasteiger charge is 2.07. The first-order valence-corrected chi connectivity index (χ1v) is 5.99. The molecule has 1 aromatic carbocycles. The van der Waals surface area contributed by atoms with Gasteiger partial charge in [0.2, 0.25) is 0 Å². The van der Waals surface area contributed by atoms with Crippen molar-refractivity contribution in [3.8, 4) is 0 Å². The van der Waals surface area contributed by atoms with Crippen molar-refractivity contribution in [3.63, 3.8) is 0 Å². The van der Waals surface area contributed by atoms with Crippen LogP contribution in [0.25, 0.3) is 0 Å². The molecule has 0 fully saturated rings. The van der Waals surface area contributed by atoms with E-state index in [1.807, 2.05) is 26.0 Å². The van der Waals surface area contributed by atoms with Crippen LogP contribution in [0.15, 0.2) is 36.5 Å². The minimum Gasteiger partial charge on any atom is -0.465 e. The second kappa shape index (κ2) is 5.52. The van der Waals surface area contributed by atoms with E-state index in [4.69, 9.17) is 0 Å². The Kier molecular flexibility index (Phi) is 3.80. The lowest BCUT2D eigenvalue weighted by molar-refractivity contribution is 0.0600. The number of hydrogen-bond acceptors (Lipinski definition) is 4. The second-order valence-electron chi connectivity index (χ2n) is 4.36. The van der Waals surface area contributed by atoms with E-state index in [0.717, 1.165) is 16.8 Å². The lowest BCUT2D eigenvalue weighted by Gasteiger charge is -2.10. The SMILES string of the molecule is COC(=O)c1ccnc(Nc2cc(C)ccc2C)c1. The van der Waals surface area contributed by atoms with Crippen molar-refractivity contribution < 1.29 is 9.53 Å². The summed E-state index contributed by atoms with van der Waals surface area (Å²) in [6, 6.07) is 9.44. The summed E-state index contributed by atoms with van der Waals surface area (Å²) >= 11 is 0. The van der Waals surface area contributed by atoms with Crippen molar-refractivity contribution in [1.82, 2.24) is 4.98 Å². The Morgan fingerprint density at radius 3 is 2.74 bits per heavy atom. The number of carbonyl (C=O) groups is 1. The molecule has 1 N–H and O–H groups in total. The summed E-state index contributed by atoms with van der Waals surface area (Å²) in [7, 11) is 1.36. The largest absolute Gasteiger partial charge is 0.465 e. The predicted octanol–water partition coefficient (Wildman–Crippen LogP) is 3.23. The second-order valence-corrected chi connectivity index (χ2v) is 4.36. The number of hydrogen-bond donors (Lipinski definition) is 1. The Bertz CT molecular complexity index is 609. The molecule has 4 nitrogen and oxygen atoms in total. The fourth-order valence-electron chi connectivity index (χ4n) is 1.75. The van der Waals surface area contributed by atoms with E-state index in [1.54, 1.807) is 18.3 Å². The summed E-state index contributed by atoms with van der Waals surface area (Å²) < 4.78 is 4.69. The van der Waals surface area contributed by atoms with Gasteiger partial charge >= 0.3 is 5.97 Å². The van der Waals surface area contributed by atoms with E-state index in [-0.39, 0.29) is 5.97 Å². The van der Waals surface area contributed by atoms with Gasteiger partial charge in [-0.2, -0.15) is 0 Å². The molecular weight excluding hydrogens is 240 g/mol. The first-order chi connectivity index (χ1) is 9.10. The number of rotatable bonds is 3. The average molecular weight is 256 g/mol. The van der Waals surface area contributed by atoms with Gasteiger partial charge in [-0.15, -0.1) is 0 Å². The summed E-state index contributed by atoms with van der Waals surface area (Å²) in [5.41, 5.74) is 3.74. The van der Waals surface area contributed by atoms with E-state index in [1.165, 1.54) is 7.11 Å². The topological polar surface area (TPSA) is 51.2 Å². The normalized spacial score (nSPS) is 10.1. The zero-order chi connectivity index (χ0) is 13.8. The summed E-state index contributed by atoms with van der Waals surface area (Å²) in [5, 5.41) is 3.21. The zero-order valence-electron chi connectivity index (χ0n) is 11.2. The number of nitrogens with one attached hydrogen (secondary N) is 1. The molecule has 98 valence electrons. The molecule has 4 heteroatoms. The zero-order valence-corrected chi connectivity index (χ0v) is 11.2. The Morgan fingerprint density at radius 2 is 2.00 bits per heavy atom. The van der Waals surface area contributed by atoms with Crippen LogP contribution in [0.5, 0.6) is 0 Å². The first kappa shape index (κ1) is 13.1. The Morgan fingerprint density at radius 1 is 1.21 bits per heavy atom. The fourth-order valence-corrected chi connectivity index (χ4v) is 1.75. The van der Waals surface area contributed by atoms with Crippen molar-refractivity contribution in [1.29, 1.82) is 0 Å². The molecule has 0 aliphatic carbocycles. The quantitative estimate of drug-likeness (QED) is 0.857. The van der Waals surface area contributed by atoms with Gasteiger partial charge in [-0.05, 0) is 43.2 Å². The lowest BCUT2D eigenvalue weighted by Crippen LogP contribution is -2.03. The molecule has 0 amide bonds. The van der Waals surface area contributed by atoms with Gasteiger partial charge < -0.3 is 10.1 Å². The van der Waals surface area contributed by atoms with Crippen LogP contribution in [0, 0.1) is 13.8 Å². The Hall–Kier alpha value is -2.36. The number of benzene rings is 1. The lowest BCUT2D eigenvalue weighted by atomic mass is 10.1. The van der Waals surface area contributed by atoms with Crippen molar-refractivity contribution in [2.75, 3.05) is 12.4 Å². The van der Waals surface area contributed by atoms with Crippen LogP contribution < -0.4 is 5.32 Å². The van der Waals surface area contributed by atoms with Crippen LogP contribution in [0.4, 0.5) is 11.5 Å². The van der Waals surface area contributed by atoms with Crippen LogP contribution in [-0.2, 0) is 4.74 Å². The molecule has 2 rings (SSSR count).